The lowest BCUT2D eigenvalue weighted by atomic mass is 9.89. The number of likely N-dealkylation sites (N-methyl/N-ethyl adjacent to an activating group) is 1. The van der Waals surface area contributed by atoms with Crippen LogP contribution in [0.15, 0.2) is 53.4 Å². The van der Waals surface area contributed by atoms with E-state index in [2.05, 4.69) is 23.6 Å². The highest BCUT2D eigenvalue weighted by atomic mass is 32.2. The normalized spacial score (nSPS) is 21.9. The van der Waals surface area contributed by atoms with E-state index in [1.807, 2.05) is 6.92 Å². The number of anilines is 1. The molecule has 214 valence electrons. The van der Waals surface area contributed by atoms with Crippen LogP contribution in [-0.2, 0) is 21.2 Å². The Bertz CT molecular complexity index is 1200. The van der Waals surface area contributed by atoms with E-state index in [0.717, 1.165) is 13.1 Å². The highest BCUT2D eigenvalue weighted by Gasteiger charge is 2.31. The quantitative estimate of drug-likeness (QED) is 0.481. The van der Waals surface area contributed by atoms with Crippen LogP contribution in [0, 0.1) is 11.8 Å². The zero-order valence-corrected chi connectivity index (χ0v) is 24.2. The number of benzene rings is 2. The number of hydrogen-bond acceptors (Lipinski definition) is 6. The van der Waals surface area contributed by atoms with Gasteiger partial charge in [-0.1, -0.05) is 44.4 Å². The number of ether oxygens (including phenoxy) is 1. The van der Waals surface area contributed by atoms with Crippen LogP contribution in [0.5, 0.6) is 5.75 Å². The highest BCUT2D eigenvalue weighted by Crippen LogP contribution is 2.31. The molecule has 0 bridgehead atoms. The Balaban J connectivity index is 1.60. The molecular formula is C30H43N3O5S. The van der Waals surface area contributed by atoms with Crippen LogP contribution in [0.1, 0.15) is 51.5 Å². The Morgan fingerprint density at radius 2 is 1.82 bits per heavy atom. The second-order valence-corrected chi connectivity index (χ2v) is 13.0. The average molecular weight is 558 g/mol. The minimum Gasteiger partial charge on any atom is -0.488 e. The van der Waals surface area contributed by atoms with Crippen molar-refractivity contribution in [3.05, 3.63) is 54.1 Å². The van der Waals surface area contributed by atoms with Crippen molar-refractivity contribution in [1.82, 2.24) is 9.80 Å². The Labute approximate surface area is 233 Å². The fourth-order valence-corrected chi connectivity index (χ4v) is 6.79. The molecule has 2 aromatic rings. The third-order valence-corrected chi connectivity index (χ3v) is 9.41. The molecule has 0 aromatic heterocycles. The van der Waals surface area contributed by atoms with Gasteiger partial charge in [-0.25, -0.2) is 8.42 Å². The van der Waals surface area contributed by atoms with Crippen molar-refractivity contribution in [2.75, 3.05) is 38.0 Å². The lowest BCUT2D eigenvalue weighted by molar-refractivity contribution is -0.134. The van der Waals surface area contributed by atoms with Crippen molar-refractivity contribution in [3.63, 3.8) is 0 Å². The molecule has 2 N–H and O–H groups in total. The summed E-state index contributed by atoms with van der Waals surface area (Å²) < 4.78 is 35.1. The van der Waals surface area contributed by atoms with Gasteiger partial charge in [0, 0.05) is 36.8 Å². The summed E-state index contributed by atoms with van der Waals surface area (Å²) in [6.07, 6.45) is 6.35. The maximum Gasteiger partial charge on any atom is 0.261 e. The van der Waals surface area contributed by atoms with Gasteiger partial charge in [0.15, 0.2) is 0 Å². The Morgan fingerprint density at radius 1 is 1.10 bits per heavy atom. The summed E-state index contributed by atoms with van der Waals surface area (Å²) in [5.41, 5.74) is 0.992. The molecule has 0 radical (unpaired) electrons. The molecule has 0 saturated heterocycles. The molecule has 4 rings (SSSR count). The van der Waals surface area contributed by atoms with Gasteiger partial charge in [0.1, 0.15) is 11.9 Å². The molecule has 2 aromatic carbocycles. The van der Waals surface area contributed by atoms with Crippen LogP contribution < -0.4 is 9.46 Å². The van der Waals surface area contributed by atoms with Gasteiger partial charge in [-0.2, -0.15) is 0 Å². The third kappa shape index (κ3) is 7.74. The molecule has 1 fully saturated rings. The van der Waals surface area contributed by atoms with Crippen molar-refractivity contribution >= 4 is 21.6 Å². The molecule has 1 aliphatic heterocycles. The van der Waals surface area contributed by atoms with Gasteiger partial charge in [-0.05, 0) is 63.1 Å². The smallest absolute Gasteiger partial charge is 0.261 e. The largest absolute Gasteiger partial charge is 0.488 e. The van der Waals surface area contributed by atoms with Crippen molar-refractivity contribution in [2.45, 2.75) is 69.4 Å². The summed E-state index contributed by atoms with van der Waals surface area (Å²) in [6, 6.07) is 13.0. The standard InChI is InChI=1S/C30H43N3O5S/c1-22-18-33(23(2)21-34)30(35)17-25-16-26(31-39(36,37)27-12-8-5-9-13-27)14-15-28(25)38-29(22)20-32(3)19-24-10-6-4-7-11-24/h5,8-9,12-16,22-24,29,31,34H,4,6-7,10-11,17-21H2,1-3H3/t22-,23+,29+/m1/s1. The minimum absolute atomic E-state index is 0.0268. The van der Waals surface area contributed by atoms with Gasteiger partial charge >= 0.3 is 0 Å². The van der Waals surface area contributed by atoms with Gasteiger partial charge in [0.05, 0.1) is 24.0 Å². The second-order valence-electron chi connectivity index (χ2n) is 11.4. The summed E-state index contributed by atoms with van der Waals surface area (Å²) >= 11 is 0. The lowest BCUT2D eigenvalue weighted by Gasteiger charge is -2.35. The summed E-state index contributed by atoms with van der Waals surface area (Å²) in [5.74, 6) is 1.20. The molecule has 2 aliphatic rings. The molecule has 1 heterocycles. The highest BCUT2D eigenvalue weighted by molar-refractivity contribution is 7.92. The molecule has 1 amide bonds. The van der Waals surface area contributed by atoms with E-state index in [-0.39, 0.29) is 41.9 Å². The Hall–Kier alpha value is -2.62. The monoisotopic (exact) mass is 557 g/mol. The first kappa shape index (κ1) is 29.4. The Kier molecular flexibility index (Phi) is 9.91. The Morgan fingerprint density at radius 3 is 2.51 bits per heavy atom. The van der Waals surface area contributed by atoms with Crippen LogP contribution in [0.25, 0.3) is 0 Å². The molecule has 1 aliphatic carbocycles. The van der Waals surface area contributed by atoms with E-state index in [1.54, 1.807) is 41.3 Å². The topological polar surface area (TPSA) is 99.2 Å². The van der Waals surface area contributed by atoms with Crippen molar-refractivity contribution < 1.29 is 23.1 Å². The molecule has 8 nitrogen and oxygen atoms in total. The first-order valence-electron chi connectivity index (χ1n) is 14.1. The average Bonchev–Trinajstić information content (AvgIpc) is 2.96. The number of nitrogens with zero attached hydrogens (tertiary/aromatic N) is 2. The molecular weight excluding hydrogens is 514 g/mol. The lowest BCUT2D eigenvalue weighted by Crippen LogP contribution is -2.48. The van der Waals surface area contributed by atoms with E-state index in [0.29, 0.717) is 29.5 Å². The summed E-state index contributed by atoms with van der Waals surface area (Å²) in [6.45, 7) is 6.03. The van der Waals surface area contributed by atoms with E-state index >= 15 is 0 Å². The maximum atomic E-state index is 13.4. The predicted molar refractivity (Wildman–Crippen MR) is 153 cm³/mol. The van der Waals surface area contributed by atoms with Gasteiger partial charge in [0.2, 0.25) is 5.91 Å². The number of amides is 1. The van der Waals surface area contributed by atoms with Crippen LogP contribution in [0.2, 0.25) is 0 Å². The van der Waals surface area contributed by atoms with E-state index in [9.17, 15) is 18.3 Å². The number of sulfonamides is 1. The molecule has 0 unspecified atom stereocenters. The summed E-state index contributed by atoms with van der Waals surface area (Å²) in [7, 11) is -1.64. The van der Waals surface area contributed by atoms with Crippen LogP contribution in [-0.4, -0.2) is 74.7 Å². The first-order chi connectivity index (χ1) is 18.7. The number of rotatable bonds is 9. The van der Waals surface area contributed by atoms with Gasteiger partial charge < -0.3 is 19.6 Å². The molecule has 39 heavy (non-hydrogen) atoms. The maximum absolute atomic E-state index is 13.4. The number of nitrogens with one attached hydrogen (secondary N) is 1. The molecule has 3 atom stereocenters. The van der Waals surface area contributed by atoms with E-state index < -0.39 is 10.0 Å². The number of aliphatic hydroxyl groups is 1. The fraction of sp³-hybridized carbons (Fsp3) is 0.567. The zero-order chi connectivity index (χ0) is 28.0. The third-order valence-electron chi connectivity index (χ3n) is 8.01. The van der Waals surface area contributed by atoms with Crippen LogP contribution >= 0.6 is 0 Å². The molecule has 9 heteroatoms. The summed E-state index contributed by atoms with van der Waals surface area (Å²) in [5, 5.41) is 9.88. The number of aliphatic hydroxyl groups excluding tert-OH is 1. The van der Waals surface area contributed by atoms with E-state index in [1.165, 1.54) is 44.2 Å². The number of carbonyl (C=O) groups is 1. The molecule has 0 spiro atoms. The van der Waals surface area contributed by atoms with Crippen molar-refractivity contribution in [3.8, 4) is 5.75 Å². The fourth-order valence-electron chi connectivity index (χ4n) is 5.72. The predicted octanol–water partition coefficient (Wildman–Crippen LogP) is 4.15. The second kappa shape index (κ2) is 13.2. The number of carbonyl (C=O) groups excluding carboxylic acids is 1. The first-order valence-corrected chi connectivity index (χ1v) is 15.6. The van der Waals surface area contributed by atoms with Crippen LogP contribution in [0.4, 0.5) is 5.69 Å². The number of fused-ring (bicyclic) bond motifs is 1. The zero-order valence-electron chi connectivity index (χ0n) is 23.4. The SMILES string of the molecule is C[C@@H]1CN([C@@H](C)CO)C(=O)Cc2cc(NS(=O)(=O)c3ccccc3)ccc2O[C@H]1CN(C)CC1CCCCC1. The van der Waals surface area contributed by atoms with E-state index in [4.69, 9.17) is 4.74 Å². The van der Waals surface area contributed by atoms with Crippen molar-refractivity contribution in [1.29, 1.82) is 0 Å². The summed E-state index contributed by atoms with van der Waals surface area (Å²) in [4.78, 5) is 17.7. The van der Waals surface area contributed by atoms with Gasteiger partial charge in [-0.3, -0.25) is 9.52 Å². The van der Waals surface area contributed by atoms with Crippen molar-refractivity contribution in [2.24, 2.45) is 11.8 Å². The minimum atomic E-state index is -3.78. The number of hydrogen-bond donors (Lipinski definition) is 2. The van der Waals surface area contributed by atoms with Gasteiger partial charge in [-0.15, -0.1) is 0 Å². The van der Waals surface area contributed by atoms with Gasteiger partial charge in [0.25, 0.3) is 10.0 Å². The van der Waals surface area contributed by atoms with Crippen LogP contribution in [0.3, 0.4) is 0 Å². The molecule has 1 saturated carbocycles.